The Kier molecular flexibility index (Phi) is 6.16. The zero-order valence-corrected chi connectivity index (χ0v) is 15.9. The molecule has 1 saturated carbocycles. The van der Waals surface area contributed by atoms with Crippen molar-refractivity contribution in [1.82, 2.24) is 15.1 Å². The van der Waals surface area contributed by atoms with Crippen LogP contribution in [0.25, 0.3) is 0 Å². The molecule has 1 aliphatic carbocycles. The summed E-state index contributed by atoms with van der Waals surface area (Å²) in [5.41, 5.74) is 0.553. The molecule has 1 fully saturated rings. The fourth-order valence-corrected chi connectivity index (χ4v) is 3.81. The highest BCUT2D eigenvalue weighted by molar-refractivity contribution is 6.35. The molecule has 1 aromatic heterocycles. The van der Waals surface area contributed by atoms with Crippen LogP contribution in [0.15, 0.2) is 24.4 Å². The number of amides is 1. The lowest BCUT2D eigenvalue weighted by atomic mass is 10.1. The maximum absolute atomic E-state index is 13.7. The number of rotatable bonds is 6. The number of aromatic nitrogens is 2. The molecule has 1 amide bonds. The number of anilines is 1. The molecule has 3 rings (SSSR count). The summed E-state index contributed by atoms with van der Waals surface area (Å²) < 4.78 is 15.5. The fraction of sp³-hybridized carbons (Fsp3) is 0.444. The van der Waals surface area contributed by atoms with E-state index in [-0.39, 0.29) is 23.5 Å². The molecule has 1 heterocycles. The van der Waals surface area contributed by atoms with Gasteiger partial charge in [0.15, 0.2) is 0 Å². The predicted octanol–water partition coefficient (Wildman–Crippen LogP) is 4.73. The molecule has 0 aliphatic heterocycles. The Labute approximate surface area is 161 Å². The van der Waals surface area contributed by atoms with Crippen LogP contribution in [0.5, 0.6) is 0 Å². The first kappa shape index (κ1) is 19.1. The summed E-state index contributed by atoms with van der Waals surface area (Å²) in [4.78, 5) is 12.3. The molecule has 2 aromatic rings. The summed E-state index contributed by atoms with van der Waals surface area (Å²) in [5, 5.41) is 10.6. The molecule has 1 atom stereocenters. The standard InChI is InChI=1S/C18H21Cl2FN4O/c1-11(13-8-16(21)15(20)9-14(13)19)22-10-18(26)24-17-6-7-23-25(17)12-4-2-3-5-12/h6-9,11-12,22H,2-5,10H2,1H3,(H,24,26)/t11-/m0/s1. The topological polar surface area (TPSA) is 59.0 Å². The van der Waals surface area contributed by atoms with Crippen LogP contribution in [0, 0.1) is 5.82 Å². The van der Waals surface area contributed by atoms with Crippen molar-refractivity contribution >= 4 is 34.9 Å². The minimum atomic E-state index is -0.537. The second kappa shape index (κ2) is 8.37. The molecule has 1 aromatic carbocycles. The number of carbonyl (C=O) groups is 1. The molecule has 0 bridgehead atoms. The number of hydrogen-bond donors (Lipinski definition) is 2. The van der Waals surface area contributed by atoms with Gasteiger partial charge in [-0.3, -0.25) is 4.79 Å². The lowest BCUT2D eigenvalue weighted by Gasteiger charge is -2.17. The Bertz CT molecular complexity index is 789. The first-order valence-electron chi connectivity index (χ1n) is 8.67. The number of benzene rings is 1. The molecule has 1 aliphatic rings. The lowest BCUT2D eigenvalue weighted by molar-refractivity contribution is -0.115. The van der Waals surface area contributed by atoms with Crippen LogP contribution in [0.4, 0.5) is 10.2 Å². The van der Waals surface area contributed by atoms with Crippen molar-refractivity contribution in [3.63, 3.8) is 0 Å². The van der Waals surface area contributed by atoms with Crippen molar-refractivity contribution < 1.29 is 9.18 Å². The van der Waals surface area contributed by atoms with Crippen molar-refractivity contribution in [1.29, 1.82) is 0 Å². The number of halogens is 3. The average Bonchev–Trinajstić information content (AvgIpc) is 3.27. The number of nitrogens with one attached hydrogen (secondary N) is 2. The van der Waals surface area contributed by atoms with Crippen LogP contribution in [0.1, 0.15) is 50.3 Å². The molecule has 0 saturated heterocycles. The molecule has 140 valence electrons. The van der Waals surface area contributed by atoms with Crippen LogP contribution in [-0.2, 0) is 4.79 Å². The second-order valence-corrected chi connectivity index (χ2v) is 7.35. The van der Waals surface area contributed by atoms with Gasteiger partial charge >= 0.3 is 0 Å². The summed E-state index contributed by atoms with van der Waals surface area (Å²) in [7, 11) is 0. The van der Waals surface area contributed by atoms with E-state index < -0.39 is 5.82 Å². The van der Waals surface area contributed by atoms with Crippen molar-refractivity contribution in [2.24, 2.45) is 0 Å². The molecule has 0 radical (unpaired) electrons. The SMILES string of the molecule is C[C@H](NCC(=O)Nc1ccnn1C1CCCC1)c1cc(F)c(Cl)cc1Cl. The van der Waals surface area contributed by atoms with Gasteiger partial charge in [-0.15, -0.1) is 0 Å². The molecule has 2 N–H and O–H groups in total. The van der Waals surface area contributed by atoms with Gasteiger partial charge in [0.05, 0.1) is 23.8 Å². The number of hydrogen-bond acceptors (Lipinski definition) is 3. The molecule has 26 heavy (non-hydrogen) atoms. The third-order valence-corrected chi connectivity index (χ3v) is 5.30. The summed E-state index contributed by atoms with van der Waals surface area (Å²) in [6, 6.07) is 4.50. The summed E-state index contributed by atoms with van der Waals surface area (Å²) in [6.07, 6.45) is 6.24. The summed E-state index contributed by atoms with van der Waals surface area (Å²) in [6.45, 7) is 1.88. The van der Waals surface area contributed by atoms with E-state index >= 15 is 0 Å². The van der Waals surface area contributed by atoms with Gasteiger partial charge in [0.1, 0.15) is 11.6 Å². The van der Waals surface area contributed by atoms with Gasteiger partial charge in [-0.25, -0.2) is 9.07 Å². The van der Waals surface area contributed by atoms with Gasteiger partial charge in [0, 0.05) is 17.1 Å². The van der Waals surface area contributed by atoms with Crippen LogP contribution in [-0.4, -0.2) is 22.2 Å². The van der Waals surface area contributed by atoms with Gasteiger partial charge in [0.25, 0.3) is 0 Å². The van der Waals surface area contributed by atoms with Crippen molar-refractivity contribution in [3.8, 4) is 0 Å². The van der Waals surface area contributed by atoms with E-state index in [1.807, 2.05) is 11.6 Å². The third kappa shape index (κ3) is 4.37. The van der Waals surface area contributed by atoms with Crippen molar-refractivity contribution in [2.75, 3.05) is 11.9 Å². The largest absolute Gasteiger partial charge is 0.310 e. The highest BCUT2D eigenvalue weighted by Crippen LogP contribution is 2.31. The molecule has 0 unspecified atom stereocenters. The second-order valence-electron chi connectivity index (χ2n) is 6.54. The van der Waals surface area contributed by atoms with Gasteiger partial charge in [-0.1, -0.05) is 36.0 Å². The van der Waals surface area contributed by atoms with Crippen LogP contribution >= 0.6 is 23.2 Å². The van der Waals surface area contributed by atoms with E-state index in [1.165, 1.54) is 25.0 Å². The minimum Gasteiger partial charge on any atom is -0.310 e. The first-order chi connectivity index (χ1) is 12.5. The lowest BCUT2D eigenvalue weighted by Crippen LogP contribution is -2.31. The highest BCUT2D eigenvalue weighted by Gasteiger charge is 2.21. The monoisotopic (exact) mass is 398 g/mol. The maximum atomic E-state index is 13.7. The normalized spacial score (nSPS) is 16.0. The van der Waals surface area contributed by atoms with Crippen LogP contribution < -0.4 is 10.6 Å². The summed E-state index contributed by atoms with van der Waals surface area (Å²) in [5.74, 6) is -0.0290. The van der Waals surface area contributed by atoms with Gasteiger partial charge in [0.2, 0.25) is 5.91 Å². The summed E-state index contributed by atoms with van der Waals surface area (Å²) >= 11 is 11.8. The molecular weight excluding hydrogens is 378 g/mol. The zero-order valence-electron chi connectivity index (χ0n) is 14.4. The van der Waals surface area contributed by atoms with Gasteiger partial charge in [-0.05, 0) is 37.5 Å². The number of nitrogens with zero attached hydrogens (tertiary/aromatic N) is 2. The first-order valence-corrected chi connectivity index (χ1v) is 9.42. The fourth-order valence-electron chi connectivity index (χ4n) is 3.27. The molecular formula is C18H21Cl2FN4O. The predicted molar refractivity (Wildman–Crippen MR) is 101 cm³/mol. The third-order valence-electron chi connectivity index (χ3n) is 4.68. The maximum Gasteiger partial charge on any atom is 0.239 e. The number of carbonyl (C=O) groups excluding carboxylic acids is 1. The van der Waals surface area contributed by atoms with E-state index in [0.29, 0.717) is 22.4 Å². The van der Waals surface area contributed by atoms with Crippen molar-refractivity contribution in [3.05, 3.63) is 45.8 Å². The Morgan fingerprint density at radius 1 is 1.35 bits per heavy atom. The Morgan fingerprint density at radius 3 is 2.81 bits per heavy atom. The molecule has 8 heteroatoms. The van der Waals surface area contributed by atoms with E-state index in [9.17, 15) is 9.18 Å². The Hall–Kier alpha value is -1.63. The van der Waals surface area contributed by atoms with E-state index in [0.717, 1.165) is 12.8 Å². The van der Waals surface area contributed by atoms with Crippen LogP contribution in [0.3, 0.4) is 0 Å². The average molecular weight is 399 g/mol. The molecule has 0 spiro atoms. The highest BCUT2D eigenvalue weighted by atomic mass is 35.5. The zero-order chi connectivity index (χ0) is 18.7. The van der Waals surface area contributed by atoms with Gasteiger partial charge in [-0.2, -0.15) is 5.10 Å². The van der Waals surface area contributed by atoms with Crippen molar-refractivity contribution in [2.45, 2.75) is 44.7 Å². The molecule has 5 nitrogen and oxygen atoms in total. The minimum absolute atomic E-state index is 0.0242. The smallest absolute Gasteiger partial charge is 0.239 e. The van der Waals surface area contributed by atoms with E-state index in [1.54, 1.807) is 12.3 Å². The van der Waals surface area contributed by atoms with E-state index in [2.05, 4.69) is 15.7 Å². The Morgan fingerprint density at radius 2 is 2.08 bits per heavy atom. The van der Waals surface area contributed by atoms with Crippen LogP contribution in [0.2, 0.25) is 10.0 Å². The van der Waals surface area contributed by atoms with E-state index in [4.69, 9.17) is 23.2 Å². The van der Waals surface area contributed by atoms with Gasteiger partial charge < -0.3 is 10.6 Å². The Balaban J connectivity index is 1.58. The quantitative estimate of drug-likeness (QED) is 0.691.